The third kappa shape index (κ3) is 3.88. The average Bonchev–Trinajstić information content (AvgIpc) is 3.13. The van der Waals surface area contributed by atoms with E-state index in [0.29, 0.717) is 38.8 Å². The molecule has 5 N–H and O–H groups in total. The van der Waals surface area contributed by atoms with Gasteiger partial charge < -0.3 is 16.8 Å². The first kappa shape index (κ1) is 21.3. The number of benzene rings is 2. The van der Waals surface area contributed by atoms with Gasteiger partial charge in [-0.1, -0.05) is 68.4 Å². The SMILES string of the molecule is CC(C)c1ccc(-c2c(C#N)c(N)nc3sc(C(=O)NCc4ccccc4)c(N)c23)cc1. The van der Waals surface area contributed by atoms with E-state index in [0.717, 1.165) is 11.1 Å². The van der Waals surface area contributed by atoms with Crippen molar-refractivity contribution in [3.63, 3.8) is 0 Å². The molecular weight excluding hydrogens is 418 g/mol. The highest BCUT2D eigenvalue weighted by Gasteiger charge is 2.24. The van der Waals surface area contributed by atoms with Crippen LogP contribution < -0.4 is 16.8 Å². The molecule has 160 valence electrons. The zero-order valence-corrected chi connectivity index (χ0v) is 18.7. The summed E-state index contributed by atoms with van der Waals surface area (Å²) < 4.78 is 0. The van der Waals surface area contributed by atoms with Crippen molar-refractivity contribution in [1.29, 1.82) is 5.26 Å². The number of carbonyl (C=O) groups excluding carboxylic acids is 1. The van der Waals surface area contributed by atoms with Gasteiger partial charge in [-0.3, -0.25) is 4.79 Å². The number of aromatic nitrogens is 1. The Bertz CT molecular complexity index is 1340. The molecule has 0 atom stereocenters. The maximum atomic E-state index is 12.9. The molecule has 2 aromatic heterocycles. The van der Waals surface area contributed by atoms with Crippen molar-refractivity contribution < 1.29 is 4.79 Å². The highest BCUT2D eigenvalue weighted by Crippen LogP contribution is 2.42. The van der Waals surface area contributed by atoms with Crippen molar-refractivity contribution in [2.45, 2.75) is 26.3 Å². The number of carbonyl (C=O) groups is 1. The van der Waals surface area contributed by atoms with Crippen LogP contribution in [0.1, 0.15) is 46.1 Å². The van der Waals surface area contributed by atoms with Crippen LogP contribution in [-0.4, -0.2) is 10.9 Å². The lowest BCUT2D eigenvalue weighted by Crippen LogP contribution is -2.22. The second-order valence-corrected chi connectivity index (χ2v) is 8.83. The smallest absolute Gasteiger partial charge is 0.263 e. The van der Waals surface area contributed by atoms with Gasteiger partial charge in [-0.15, -0.1) is 11.3 Å². The Balaban J connectivity index is 1.80. The average molecular weight is 442 g/mol. The Morgan fingerprint density at radius 1 is 1.12 bits per heavy atom. The summed E-state index contributed by atoms with van der Waals surface area (Å²) >= 11 is 1.18. The molecule has 2 heterocycles. The molecule has 0 fully saturated rings. The fourth-order valence-electron chi connectivity index (χ4n) is 3.63. The fraction of sp³-hybridized carbons (Fsp3) is 0.160. The lowest BCUT2D eigenvalue weighted by atomic mass is 9.94. The number of fused-ring (bicyclic) bond motifs is 1. The van der Waals surface area contributed by atoms with Gasteiger partial charge in [-0.25, -0.2) is 4.98 Å². The summed E-state index contributed by atoms with van der Waals surface area (Å²) in [5.41, 5.74) is 16.7. The summed E-state index contributed by atoms with van der Waals surface area (Å²) in [5.74, 6) is 0.223. The van der Waals surface area contributed by atoms with Crippen LogP contribution in [0.4, 0.5) is 11.5 Å². The van der Waals surface area contributed by atoms with Crippen LogP contribution in [0.2, 0.25) is 0 Å². The maximum absolute atomic E-state index is 12.9. The molecule has 0 unspecified atom stereocenters. The van der Waals surface area contributed by atoms with Gasteiger partial charge >= 0.3 is 0 Å². The van der Waals surface area contributed by atoms with E-state index in [1.54, 1.807) is 0 Å². The van der Waals surface area contributed by atoms with E-state index in [-0.39, 0.29) is 17.3 Å². The number of hydrogen-bond donors (Lipinski definition) is 3. The summed E-state index contributed by atoms with van der Waals surface area (Å²) in [7, 11) is 0. The molecule has 1 amide bonds. The van der Waals surface area contributed by atoms with Gasteiger partial charge in [0.25, 0.3) is 5.91 Å². The molecule has 7 heteroatoms. The number of thiophene rings is 1. The molecule has 0 aliphatic carbocycles. The number of rotatable bonds is 5. The van der Waals surface area contributed by atoms with Crippen LogP contribution in [0.25, 0.3) is 21.3 Å². The molecule has 0 radical (unpaired) electrons. The first-order valence-corrected chi connectivity index (χ1v) is 11.1. The van der Waals surface area contributed by atoms with E-state index in [4.69, 9.17) is 11.5 Å². The summed E-state index contributed by atoms with van der Waals surface area (Å²) in [6, 6.07) is 19.8. The zero-order chi connectivity index (χ0) is 22.8. The number of pyridine rings is 1. The number of nitrogens with two attached hydrogens (primary N) is 2. The van der Waals surface area contributed by atoms with Crippen LogP contribution in [-0.2, 0) is 6.54 Å². The van der Waals surface area contributed by atoms with Crippen molar-refractivity contribution in [2.75, 3.05) is 11.5 Å². The van der Waals surface area contributed by atoms with Crippen molar-refractivity contribution in [1.82, 2.24) is 10.3 Å². The number of nitrogens with one attached hydrogen (secondary N) is 1. The van der Waals surface area contributed by atoms with Gasteiger partial charge in [0.05, 0.1) is 5.69 Å². The molecule has 0 saturated heterocycles. The third-order valence-electron chi connectivity index (χ3n) is 5.38. The van der Waals surface area contributed by atoms with Gasteiger partial charge in [0.2, 0.25) is 0 Å². The lowest BCUT2D eigenvalue weighted by molar-refractivity contribution is 0.0956. The van der Waals surface area contributed by atoms with E-state index in [1.807, 2.05) is 54.6 Å². The van der Waals surface area contributed by atoms with E-state index in [2.05, 4.69) is 30.2 Å². The molecule has 0 spiro atoms. The summed E-state index contributed by atoms with van der Waals surface area (Å²) in [6.07, 6.45) is 0. The minimum Gasteiger partial charge on any atom is -0.397 e. The predicted molar refractivity (Wildman–Crippen MR) is 130 cm³/mol. The van der Waals surface area contributed by atoms with Crippen molar-refractivity contribution >= 4 is 39.0 Å². The van der Waals surface area contributed by atoms with Gasteiger partial charge in [-0.2, -0.15) is 5.26 Å². The monoisotopic (exact) mass is 441 g/mol. The fourth-order valence-corrected chi connectivity index (χ4v) is 4.66. The van der Waals surface area contributed by atoms with Crippen molar-refractivity contribution in [3.8, 4) is 17.2 Å². The largest absolute Gasteiger partial charge is 0.397 e. The Hall–Kier alpha value is -3.89. The first-order valence-electron chi connectivity index (χ1n) is 10.2. The third-order valence-corrected chi connectivity index (χ3v) is 6.48. The number of hydrogen-bond acceptors (Lipinski definition) is 6. The molecule has 4 aromatic rings. The van der Waals surface area contributed by atoms with Gasteiger partial charge in [-0.05, 0) is 22.6 Å². The normalized spacial score (nSPS) is 10.9. The van der Waals surface area contributed by atoms with Gasteiger partial charge in [0, 0.05) is 17.5 Å². The van der Waals surface area contributed by atoms with E-state index >= 15 is 0 Å². The Morgan fingerprint density at radius 3 is 2.44 bits per heavy atom. The topological polar surface area (TPSA) is 118 Å². The molecular formula is C25H23N5OS. The Labute approximate surface area is 190 Å². The van der Waals surface area contributed by atoms with Gasteiger partial charge in [0.15, 0.2) is 0 Å². The molecule has 0 saturated carbocycles. The summed E-state index contributed by atoms with van der Waals surface area (Å²) in [6.45, 7) is 4.63. The van der Waals surface area contributed by atoms with Gasteiger partial charge in [0.1, 0.15) is 27.2 Å². The second kappa shape index (κ2) is 8.69. The first-order chi connectivity index (χ1) is 15.4. The number of nitriles is 1. The number of amides is 1. The highest BCUT2D eigenvalue weighted by atomic mass is 32.1. The van der Waals surface area contributed by atoms with Crippen LogP contribution in [0.5, 0.6) is 0 Å². The molecule has 0 aliphatic rings. The predicted octanol–water partition coefficient (Wildman–Crippen LogP) is 5.05. The molecule has 32 heavy (non-hydrogen) atoms. The molecule has 0 aliphatic heterocycles. The zero-order valence-electron chi connectivity index (χ0n) is 17.8. The van der Waals surface area contributed by atoms with Crippen LogP contribution in [0, 0.1) is 11.3 Å². The van der Waals surface area contributed by atoms with Crippen LogP contribution in [0.3, 0.4) is 0 Å². The molecule has 6 nitrogen and oxygen atoms in total. The highest BCUT2D eigenvalue weighted by molar-refractivity contribution is 7.21. The summed E-state index contributed by atoms with van der Waals surface area (Å²) in [4.78, 5) is 18.2. The second-order valence-electron chi connectivity index (χ2n) is 7.83. The maximum Gasteiger partial charge on any atom is 0.263 e. The van der Waals surface area contributed by atoms with Crippen LogP contribution >= 0.6 is 11.3 Å². The minimum atomic E-state index is -0.285. The minimum absolute atomic E-state index is 0.125. The quantitative estimate of drug-likeness (QED) is 0.400. The lowest BCUT2D eigenvalue weighted by Gasteiger charge is -2.11. The number of anilines is 2. The van der Waals surface area contributed by atoms with E-state index in [1.165, 1.54) is 16.9 Å². The van der Waals surface area contributed by atoms with Crippen molar-refractivity contribution in [3.05, 3.63) is 76.2 Å². The Morgan fingerprint density at radius 2 is 1.81 bits per heavy atom. The standard InChI is InChI=1S/C25H23N5OS/c1-14(2)16-8-10-17(11-9-16)19-18(12-26)23(28)30-25-20(19)21(27)22(32-25)24(31)29-13-15-6-4-3-5-7-15/h3-11,14H,13,27H2,1-2H3,(H2,28,30)(H,29,31). The van der Waals surface area contributed by atoms with Crippen LogP contribution in [0.15, 0.2) is 54.6 Å². The summed E-state index contributed by atoms with van der Waals surface area (Å²) in [5, 5.41) is 13.3. The molecule has 4 rings (SSSR count). The molecule has 2 aromatic carbocycles. The number of nitrogens with zero attached hydrogens (tertiary/aromatic N) is 2. The van der Waals surface area contributed by atoms with E-state index < -0.39 is 0 Å². The molecule has 0 bridgehead atoms. The van der Waals surface area contributed by atoms with Crippen molar-refractivity contribution in [2.24, 2.45) is 0 Å². The van der Waals surface area contributed by atoms with E-state index in [9.17, 15) is 10.1 Å². The Kier molecular flexibility index (Phi) is 5.80. The number of nitrogen functional groups attached to an aromatic ring is 2.